The largest absolute Gasteiger partial charge is 0.376 e. The van der Waals surface area contributed by atoms with Gasteiger partial charge < -0.3 is 9.30 Å². The molecule has 1 fully saturated rings. The molecule has 2 aromatic rings. The fourth-order valence-corrected chi connectivity index (χ4v) is 3.26. The lowest BCUT2D eigenvalue weighted by Gasteiger charge is -2.24. The average Bonchev–Trinajstić information content (AvgIpc) is 2.80. The second-order valence-electron chi connectivity index (χ2n) is 5.17. The molecule has 0 bridgehead atoms. The van der Waals surface area contributed by atoms with Gasteiger partial charge in [-0.25, -0.2) is 4.98 Å². The SMILES string of the molecule is ClCCc1nc2cccc(Cl)c2n1CC1CCCCO1. The van der Waals surface area contributed by atoms with E-state index in [-0.39, 0.29) is 6.10 Å². The third kappa shape index (κ3) is 2.80. The number of hydrogen-bond donors (Lipinski definition) is 0. The minimum Gasteiger partial charge on any atom is -0.376 e. The number of imidazole rings is 1. The second-order valence-corrected chi connectivity index (χ2v) is 5.96. The first-order valence-corrected chi connectivity index (χ1v) is 8.02. The molecule has 1 aliphatic heterocycles. The van der Waals surface area contributed by atoms with Gasteiger partial charge in [0, 0.05) is 18.9 Å². The Kier molecular flexibility index (Phi) is 4.49. The molecule has 20 heavy (non-hydrogen) atoms. The Morgan fingerprint density at radius 1 is 1.35 bits per heavy atom. The summed E-state index contributed by atoms with van der Waals surface area (Å²) in [5.74, 6) is 1.56. The van der Waals surface area contributed by atoms with Crippen LogP contribution in [0, 0.1) is 0 Å². The first kappa shape index (κ1) is 14.2. The van der Waals surface area contributed by atoms with Crippen LogP contribution in [0.2, 0.25) is 5.02 Å². The fraction of sp³-hybridized carbons (Fsp3) is 0.533. The van der Waals surface area contributed by atoms with Crippen LogP contribution in [-0.2, 0) is 17.7 Å². The normalized spacial score (nSPS) is 19.6. The molecule has 5 heteroatoms. The second kappa shape index (κ2) is 6.33. The number of alkyl halides is 1. The van der Waals surface area contributed by atoms with E-state index in [1.54, 1.807) is 0 Å². The van der Waals surface area contributed by atoms with Crippen molar-refractivity contribution in [3.8, 4) is 0 Å². The maximum atomic E-state index is 6.36. The fourth-order valence-electron chi connectivity index (χ4n) is 2.82. The number of fused-ring (bicyclic) bond motifs is 1. The van der Waals surface area contributed by atoms with Crippen molar-refractivity contribution in [2.45, 2.75) is 38.3 Å². The van der Waals surface area contributed by atoms with Crippen LogP contribution in [0.25, 0.3) is 11.0 Å². The molecule has 1 saturated heterocycles. The van der Waals surface area contributed by atoms with Crippen molar-refractivity contribution >= 4 is 34.2 Å². The van der Waals surface area contributed by atoms with Crippen LogP contribution < -0.4 is 0 Å². The monoisotopic (exact) mass is 312 g/mol. The number of aromatic nitrogens is 2. The quantitative estimate of drug-likeness (QED) is 0.797. The Morgan fingerprint density at radius 3 is 3.00 bits per heavy atom. The molecule has 1 atom stereocenters. The number of hydrogen-bond acceptors (Lipinski definition) is 2. The van der Waals surface area contributed by atoms with E-state index >= 15 is 0 Å². The van der Waals surface area contributed by atoms with Crippen molar-refractivity contribution < 1.29 is 4.74 Å². The highest BCUT2D eigenvalue weighted by atomic mass is 35.5. The summed E-state index contributed by atoms with van der Waals surface area (Å²) < 4.78 is 8.04. The van der Waals surface area contributed by atoms with Gasteiger partial charge in [-0.05, 0) is 31.4 Å². The minimum atomic E-state index is 0.256. The maximum absolute atomic E-state index is 6.36. The predicted octanol–water partition coefficient (Wildman–Crippen LogP) is 4.04. The highest BCUT2D eigenvalue weighted by Gasteiger charge is 2.19. The van der Waals surface area contributed by atoms with Gasteiger partial charge in [-0.3, -0.25) is 0 Å². The molecule has 0 spiro atoms. The maximum Gasteiger partial charge on any atom is 0.111 e. The lowest BCUT2D eigenvalue weighted by atomic mass is 10.1. The van der Waals surface area contributed by atoms with Gasteiger partial charge in [0.1, 0.15) is 5.82 Å². The van der Waals surface area contributed by atoms with E-state index in [4.69, 9.17) is 27.9 Å². The van der Waals surface area contributed by atoms with Gasteiger partial charge in [0.05, 0.1) is 28.7 Å². The molecule has 0 amide bonds. The summed E-state index contributed by atoms with van der Waals surface area (Å²) in [4.78, 5) is 4.67. The number of aryl methyl sites for hydroxylation is 1. The Bertz CT molecular complexity index is 591. The molecule has 0 saturated carbocycles. The standard InChI is InChI=1S/C15H18Cl2N2O/c16-8-7-14-18-13-6-3-5-12(17)15(13)19(14)10-11-4-1-2-9-20-11/h3,5-6,11H,1-2,4,7-10H2. The lowest BCUT2D eigenvalue weighted by molar-refractivity contribution is 0.00622. The van der Waals surface area contributed by atoms with E-state index < -0.39 is 0 Å². The molecule has 1 aromatic heterocycles. The number of rotatable bonds is 4. The van der Waals surface area contributed by atoms with Crippen LogP contribution in [0.1, 0.15) is 25.1 Å². The summed E-state index contributed by atoms with van der Waals surface area (Å²) in [6.07, 6.45) is 4.50. The van der Waals surface area contributed by atoms with Crippen LogP contribution in [-0.4, -0.2) is 28.1 Å². The molecule has 3 rings (SSSR count). The van der Waals surface area contributed by atoms with Crippen LogP contribution in [0.15, 0.2) is 18.2 Å². The third-order valence-corrected chi connectivity index (χ3v) is 4.27. The summed E-state index contributed by atoms with van der Waals surface area (Å²) in [7, 11) is 0. The highest BCUT2D eigenvalue weighted by Crippen LogP contribution is 2.26. The van der Waals surface area contributed by atoms with E-state index in [2.05, 4.69) is 9.55 Å². The molecule has 0 aliphatic carbocycles. The van der Waals surface area contributed by atoms with Crippen LogP contribution in [0.4, 0.5) is 0 Å². The number of nitrogens with zero attached hydrogens (tertiary/aromatic N) is 2. The molecule has 108 valence electrons. The van der Waals surface area contributed by atoms with E-state index in [1.807, 2.05) is 18.2 Å². The molecule has 0 N–H and O–H groups in total. The van der Waals surface area contributed by atoms with Crippen LogP contribution in [0.3, 0.4) is 0 Å². The molecule has 1 aliphatic rings. The zero-order valence-corrected chi connectivity index (χ0v) is 12.8. The van der Waals surface area contributed by atoms with Gasteiger partial charge in [-0.15, -0.1) is 11.6 Å². The van der Waals surface area contributed by atoms with Gasteiger partial charge >= 0.3 is 0 Å². The summed E-state index contributed by atoms with van der Waals surface area (Å²) in [5, 5.41) is 0.742. The number of halogens is 2. The van der Waals surface area contributed by atoms with Gasteiger partial charge in [-0.1, -0.05) is 17.7 Å². The zero-order valence-electron chi connectivity index (χ0n) is 11.3. The average molecular weight is 313 g/mol. The number of para-hydroxylation sites is 1. The van der Waals surface area contributed by atoms with Crippen molar-refractivity contribution in [1.29, 1.82) is 0 Å². The molecule has 2 heterocycles. The van der Waals surface area contributed by atoms with Gasteiger partial charge in [0.15, 0.2) is 0 Å². The van der Waals surface area contributed by atoms with E-state index in [9.17, 15) is 0 Å². The van der Waals surface area contributed by atoms with Crippen molar-refractivity contribution in [2.75, 3.05) is 12.5 Å². The topological polar surface area (TPSA) is 27.1 Å². The van der Waals surface area contributed by atoms with Crippen molar-refractivity contribution in [1.82, 2.24) is 9.55 Å². The van der Waals surface area contributed by atoms with Crippen molar-refractivity contribution in [2.24, 2.45) is 0 Å². The first-order valence-electron chi connectivity index (χ1n) is 7.11. The zero-order chi connectivity index (χ0) is 13.9. The summed E-state index contributed by atoms with van der Waals surface area (Å²) in [5.41, 5.74) is 1.94. The molecule has 0 radical (unpaired) electrons. The van der Waals surface area contributed by atoms with Crippen LogP contribution in [0.5, 0.6) is 0 Å². The molecular formula is C15H18Cl2N2O. The minimum absolute atomic E-state index is 0.256. The molecule has 1 aromatic carbocycles. The van der Waals surface area contributed by atoms with E-state index in [1.165, 1.54) is 6.42 Å². The first-order chi connectivity index (χ1) is 9.79. The third-order valence-electron chi connectivity index (χ3n) is 3.77. The Morgan fingerprint density at radius 2 is 2.25 bits per heavy atom. The molecule has 1 unspecified atom stereocenters. The Hall–Kier alpha value is -0.770. The summed E-state index contributed by atoms with van der Waals surface area (Å²) in [6, 6.07) is 5.84. The number of ether oxygens (including phenoxy) is 1. The van der Waals surface area contributed by atoms with Gasteiger partial charge in [0.2, 0.25) is 0 Å². The highest BCUT2D eigenvalue weighted by molar-refractivity contribution is 6.35. The van der Waals surface area contributed by atoms with Gasteiger partial charge in [-0.2, -0.15) is 0 Å². The Balaban J connectivity index is 1.98. The predicted molar refractivity (Wildman–Crippen MR) is 82.8 cm³/mol. The van der Waals surface area contributed by atoms with Crippen molar-refractivity contribution in [3.63, 3.8) is 0 Å². The molecule has 3 nitrogen and oxygen atoms in total. The summed E-state index contributed by atoms with van der Waals surface area (Å²) >= 11 is 12.3. The number of benzene rings is 1. The molecular weight excluding hydrogens is 295 g/mol. The van der Waals surface area contributed by atoms with Crippen LogP contribution >= 0.6 is 23.2 Å². The lowest BCUT2D eigenvalue weighted by Crippen LogP contribution is -2.25. The van der Waals surface area contributed by atoms with E-state index in [0.29, 0.717) is 5.88 Å². The van der Waals surface area contributed by atoms with E-state index in [0.717, 1.165) is 54.3 Å². The summed E-state index contributed by atoms with van der Waals surface area (Å²) in [6.45, 7) is 1.67. The van der Waals surface area contributed by atoms with Crippen molar-refractivity contribution in [3.05, 3.63) is 29.0 Å². The van der Waals surface area contributed by atoms with Gasteiger partial charge in [0.25, 0.3) is 0 Å². The Labute approximate surface area is 128 Å². The smallest absolute Gasteiger partial charge is 0.111 e.